The van der Waals surface area contributed by atoms with Crippen molar-refractivity contribution in [1.82, 2.24) is 29.3 Å². The number of carbonyl (C=O) groups is 2. The molecule has 0 spiro atoms. The summed E-state index contributed by atoms with van der Waals surface area (Å²) in [6, 6.07) is 3.16. The van der Waals surface area contributed by atoms with Gasteiger partial charge >= 0.3 is 12.2 Å². The van der Waals surface area contributed by atoms with Gasteiger partial charge in [0.15, 0.2) is 11.0 Å². The number of piperazine rings is 1. The van der Waals surface area contributed by atoms with Crippen LogP contribution in [0.3, 0.4) is 0 Å². The minimum Gasteiger partial charge on any atom is -0.493 e. The zero-order chi connectivity index (χ0) is 22.0. The van der Waals surface area contributed by atoms with Crippen LogP contribution in [0, 0.1) is 0 Å². The molecule has 1 fully saturated rings. The number of aromatic hydroxyl groups is 1. The Balaban J connectivity index is 1.60. The van der Waals surface area contributed by atoms with Gasteiger partial charge in [-0.1, -0.05) is 11.6 Å². The predicted octanol–water partition coefficient (Wildman–Crippen LogP) is 2.45. The molecule has 1 N–H and O–H groups in total. The minimum atomic E-state index is -0.649. The molecule has 0 saturated carbocycles. The van der Waals surface area contributed by atoms with E-state index in [0.29, 0.717) is 18.1 Å². The Hall–Kier alpha value is -3.60. The molecule has 0 radical (unpaired) electrons. The van der Waals surface area contributed by atoms with Crippen LogP contribution in [-0.4, -0.2) is 79.4 Å². The summed E-state index contributed by atoms with van der Waals surface area (Å²) in [4.78, 5) is 40.2. The van der Waals surface area contributed by atoms with Crippen molar-refractivity contribution in [1.29, 1.82) is 0 Å². The van der Waals surface area contributed by atoms with E-state index in [1.165, 1.54) is 33.0 Å². The number of hydrogen-bond acceptors (Lipinski definition) is 8. The Labute approximate surface area is 181 Å². The lowest BCUT2D eigenvalue weighted by molar-refractivity contribution is 0.0770. The van der Waals surface area contributed by atoms with Gasteiger partial charge in [-0.05, 0) is 19.1 Å². The average molecular weight is 447 g/mol. The first-order valence-corrected chi connectivity index (χ1v) is 9.92. The van der Waals surface area contributed by atoms with Crippen LogP contribution in [0.25, 0.3) is 16.9 Å². The molecule has 162 valence electrons. The summed E-state index contributed by atoms with van der Waals surface area (Å²) in [6.07, 6.45) is 3.19. The van der Waals surface area contributed by atoms with Gasteiger partial charge in [0.05, 0.1) is 11.6 Å². The molecule has 1 aliphatic rings. The summed E-state index contributed by atoms with van der Waals surface area (Å²) in [6.45, 7) is 3.20. The Morgan fingerprint density at radius 3 is 2.29 bits per heavy atom. The number of fused-ring (bicyclic) bond motifs is 1. The van der Waals surface area contributed by atoms with E-state index in [-0.39, 0.29) is 48.3 Å². The highest BCUT2D eigenvalue weighted by Crippen LogP contribution is 2.37. The topological polar surface area (TPSA) is 123 Å². The lowest BCUT2D eigenvalue weighted by Gasteiger charge is -2.33. The third-order valence-electron chi connectivity index (χ3n) is 4.72. The summed E-state index contributed by atoms with van der Waals surface area (Å²) in [5, 5.41) is 11.1. The van der Waals surface area contributed by atoms with Gasteiger partial charge in [-0.15, -0.1) is 0 Å². The van der Waals surface area contributed by atoms with Crippen LogP contribution in [0.1, 0.15) is 6.92 Å². The number of halogens is 1. The van der Waals surface area contributed by atoms with E-state index in [1.54, 1.807) is 19.1 Å². The molecule has 0 aliphatic carbocycles. The zero-order valence-corrected chi connectivity index (χ0v) is 17.3. The van der Waals surface area contributed by atoms with Gasteiger partial charge < -0.3 is 24.4 Å². The Morgan fingerprint density at radius 1 is 1.03 bits per heavy atom. The quantitative estimate of drug-likeness (QED) is 0.650. The molecule has 0 bridgehead atoms. The third-order valence-corrected chi connectivity index (χ3v) is 4.94. The normalized spacial score (nSPS) is 14.0. The van der Waals surface area contributed by atoms with Gasteiger partial charge in [0.2, 0.25) is 11.8 Å². The van der Waals surface area contributed by atoms with Crippen molar-refractivity contribution >= 4 is 34.8 Å². The molecule has 2 amide bonds. The molecule has 4 rings (SSSR count). The first kappa shape index (κ1) is 20.7. The van der Waals surface area contributed by atoms with E-state index in [9.17, 15) is 14.7 Å². The summed E-state index contributed by atoms with van der Waals surface area (Å²) < 4.78 is 11.9. The van der Waals surface area contributed by atoms with Crippen LogP contribution in [0.15, 0.2) is 30.7 Å². The van der Waals surface area contributed by atoms with Gasteiger partial charge in [0.1, 0.15) is 5.82 Å². The SMILES string of the molecule is CCOC(=O)N1CCN(C(=O)Oc2c3nccnc3c(O)n2-c2ccc(Cl)cn2)CC1. The molecule has 1 saturated heterocycles. The van der Waals surface area contributed by atoms with Crippen molar-refractivity contribution in [3.63, 3.8) is 0 Å². The van der Waals surface area contributed by atoms with Gasteiger partial charge in [-0.25, -0.2) is 29.1 Å². The third kappa shape index (κ3) is 4.04. The number of nitrogens with zero attached hydrogens (tertiary/aromatic N) is 6. The number of aromatic nitrogens is 4. The molecule has 11 nitrogen and oxygen atoms in total. The van der Waals surface area contributed by atoms with E-state index in [1.807, 2.05) is 0 Å². The second-order valence-corrected chi connectivity index (χ2v) is 7.03. The maximum absolute atomic E-state index is 12.8. The van der Waals surface area contributed by atoms with E-state index < -0.39 is 12.2 Å². The second kappa shape index (κ2) is 8.64. The fraction of sp³-hybridized carbons (Fsp3) is 0.316. The second-order valence-electron chi connectivity index (χ2n) is 6.59. The molecule has 31 heavy (non-hydrogen) atoms. The van der Waals surface area contributed by atoms with Crippen molar-refractivity contribution < 1.29 is 24.2 Å². The van der Waals surface area contributed by atoms with Crippen molar-refractivity contribution in [2.24, 2.45) is 0 Å². The van der Waals surface area contributed by atoms with Gasteiger partial charge in [-0.2, -0.15) is 0 Å². The molecule has 1 aliphatic heterocycles. The zero-order valence-electron chi connectivity index (χ0n) is 16.6. The molecule has 3 aromatic heterocycles. The van der Waals surface area contributed by atoms with Gasteiger partial charge in [0, 0.05) is 44.8 Å². The molecule has 0 aromatic carbocycles. The maximum atomic E-state index is 12.8. The van der Waals surface area contributed by atoms with Crippen molar-refractivity contribution in [2.75, 3.05) is 32.8 Å². The van der Waals surface area contributed by atoms with Crippen molar-refractivity contribution in [3.8, 4) is 17.6 Å². The molecule has 3 aromatic rings. The number of rotatable bonds is 3. The number of hydrogen-bond donors (Lipinski definition) is 1. The fourth-order valence-electron chi connectivity index (χ4n) is 3.21. The van der Waals surface area contributed by atoms with E-state index in [4.69, 9.17) is 21.1 Å². The maximum Gasteiger partial charge on any atom is 0.416 e. The van der Waals surface area contributed by atoms with E-state index in [0.717, 1.165) is 0 Å². The number of pyridine rings is 1. The van der Waals surface area contributed by atoms with Crippen molar-refractivity contribution in [2.45, 2.75) is 6.92 Å². The molecule has 0 atom stereocenters. The predicted molar refractivity (Wildman–Crippen MR) is 110 cm³/mol. The van der Waals surface area contributed by atoms with E-state index in [2.05, 4.69) is 15.0 Å². The van der Waals surface area contributed by atoms with Crippen molar-refractivity contribution in [3.05, 3.63) is 35.7 Å². The summed E-state index contributed by atoms with van der Waals surface area (Å²) in [5.41, 5.74) is 0.365. The monoisotopic (exact) mass is 446 g/mol. The average Bonchev–Trinajstić information content (AvgIpc) is 3.06. The highest BCUT2D eigenvalue weighted by Gasteiger charge is 2.29. The minimum absolute atomic E-state index is 0.0201. The van der Waals surface area contributed by atoms with Crippen LogP contribution in [0.5, 0.6) is 11.8 Å². The first-order chi connectivity index (χ1) is 15.0. The van der Waals surface area contributed by atoms with Gasteiger partial charge in [0.25, 0.3) is 0 Å². The number of carbonyl (C=O) groups excluding carboxylic acids is 2. The Bertz CT molecular complexity index is 1110. The molecule has 0 unspecified atom stereocenters. The highest BCUT2D eigenvalue weighted by molar-refractivity contribution is 6.30. The van der Waals surface area contributed by atoms with Gasteiger partial charge in [-0.3, -0.25) is 0 Å². The number of ether oxygens (including phenoxy) is 2. The standard InChI is InChI=1S/C19H19ClN6O5/c1-2-30-18(28)24-7-9-25(10-8-24)19(29)31-17-15-14(21-5-6-22-15)16(27)26(17)13-4-3-12(20)11-23-13/h3-6,11,27H,2,7-10H2,1H3. The Kier molecular flexibility index (Phi) is 5.76. The summed E-state index contributed by atoms with van der Waals surface area (Å²) >= 11 is 5.91. The number of amides is 2. The molecule has 4 heterocycles. The molecule has 12 heteroatoms. The lowest BCUT2D eigenvalue weighted by atomic mass is 10.3. The van der Waals surface area contributed by atoms with Crippen LogP contribution < -0.4 is 4.74 Å². The highest BCUT2D eigenvalue weighted by atomic mass is 35.5. The van der Waals surface area contributed by atoms with Crippen LogP contribution in [0.4, 0.5) is 9.59 Å². The molecular formula is C19H19ClN6O5. The van der Waals surface area contributed by atoms with Crippen LogP contribution in [-0.2, 0) is 4.74 Å². The summed E-state index contributed by atoms with van der Waals surface area (Å²) in [7, 11) is 0. The lowest BCUT2D eigenvalue weighted by Crippen LogP contribution is -2.51. The van der Waals surface area contributed by atoms with E-state index >= 15 is 0 Å². The largest absolute Gasteiger partial charge is 0.493 e. The van der Waals surface area contributed by atoms with Crippen LogP contribution >= 0.6 is 11.6 Å². The fourth-order valence-corrected chi connectivity index (χ4v) is 3.32. The smallest absolute Gasteiger partial charge is 0.416 e. The first-order valence-electron chi connectivity index (χ1n) is 9.54. The van der Waals surface area contributed by atoms with Crippen LogP contribution in [0.2, 0.25) is 5.02 Å². The Morgan fingerprint density at radius 2 is 1.68 bits per heavy atom. The molecular weight excluding hydrogens is 428 g/mol. The summed E-state index contributed by atoms with van der Waals surface area (Å²) in [5.74, 6) is -0.0160.